The van der Waals surface area contributed by atoms with Gasteiger partial charge in [-0.1, -0.05) is 172 Å². The van der Waals surface area contributed by atoms with E-state index >= 15 is 0 Å². The molecule has 0 unspecified atom stereocenters. The molecule has 0 aliphatic carbocycles. The normalized spacial score (nSPS) is 14.4. The Labute approximate surface area is 483 Å². The lowest BCUT2D eigenvalue weighted by Crippen LogP contribution is -2.61. The summed E-state index contributed by atoms with van der Waals surface area (Å²) >= 11 is 0. The maximum Gasteiger partial charge on any atom is 0.422 e. The Morgan fingerprint density at radius 1 is 0.366 bits per heavy atom. The highest BCUT2D eigenvalue weighted by Gasteiger charge is 2.54. The van der Waals surface area contributed by atoms with Crippen molar-refractivity contribution in [1.29, 1.82) is 0 Å². The highest BCUT2D eigenvalue weighted by atomic mass is 16.3. The fraction of sp³-hybridized carbons (Fsp3) is 0.200. The molecule has 7 heteroatoms. The number of nitrogens with zero attached hydrogens (tertiary/aromatic N) is 4. The summed E-state index contributed by atoms with van der Waals surface area (Å²) in [5, 5.41) is 2.28. The van der Waals surface area contributed by atoms with Gasteiger partial charge in [0, 0.05) is 73.0 Å². The topological polar surface area (TPSA) is 26.1 Å². The van der Waals surface area contributed by atoms with E-state index in [1.165, 1.54) is 134 Å². The van der Waals surface area contributed by atoms with Crippen LogP contribution in [0.1, 0.15) is 95.7 Å². The quantitative estimate of drug-likeness (QED) is 0.164. The Balaban J connectivity index is 0.991. The highest BCUT2D eigenvalue weighted by Crippen LogP contribution is 2.58. The van der Waals surface area contributed by atoms with Crippen molar-refractivity contribution in [1.82, 2.24) is 0 Å². The van der Waals surface area contributed by atoms with Crippen LogP contribution in [0.2, 0.25) is 0 Å². The number of aryl methyl sites for hydroxylation is 3. The number of rotatable bonds is 3. The maximum absolute atomic E-state index is 6.74. The molecule has 6 heterocycles. The van der Waals surface area contributed by atoms with Crippen LogP contribution in [0.3, 0.4) is 0 Å². The first-order valence-corrected chi connectivity index (χ1v) is 29.5. The van der Waals surface area contributed by atoms with E-state index in [2.05, 4.69) is 284 Å². The third-order valence-corrected chi connectivity index (χ3v) is 18.8. The van der Waals surface area contributed by atoms with Crippen molar-refractivity contribution in [2.45, 2.75) is 99.3 Å². The average Bonchev–Trinajstić information content (AvgIpc) is 1.42. The van der Waals surface area contributed by atoms with Gasteiger partial charge in [0.15, 0.2) is 0 Å². The van der Waals surface area contributed by atoms with Crippen molar-refractivity contribution >= 4 is 114 Å². The third-order valence-electron chi connectivity index (χ3n) is 18.8. The molecular weight excluding hydrogens is 994 g/mol. The molecule has 5 aliphatic heterocycles. The van der Waals surface area contributed by atoms with E-state index in [1.54, 1.807) is 0 Å². The predicted octanol–water partition coefficient (Wildman–Crippen LogP) is 17.8. The summed E-state index contributed by atoms with van der Waals surface area (Å²) in [6.45, 7) is 27.7. The molecule has 0 amide bonds. The smallest absolute Gasteiger partial charge is 0.422 e. The zero-order chi connectivity index (χ0) is 56.2. The van der Waals surface area contributed by atoms with Crippen LogP contribution in [0.4, 0.5) is 56.9 Å². The lowest BCUT2D eigenvalue weighted by atomic mass is 9.33. The summed E-state index contributed by atoms with van der Waals surface area (Å²) in [6, 6.07) is 70.2. The fourth-order valence-electron chi connectivity index (χ4n) is 14.9. The Kier molecular flexibility index (Phi) is 10.0. The van der Waals surface area contributed by atoms with Gasteiger partial charge in [-0.15, -0.1) is 0 Å². The molecule has 0 saturated carbocycles. The molecule has 10 aromatic carbocycles. The number of fused-ring (bicyclic) bond motifs is 16. The van der Waals surface area contributed by atoms with Crippen molar-refractivity contribution in [2.75, 3.05) is 19.4 Å². The van der Waals surface area contributed by atoms with Gasteiger partial charge in [0.2, 0.25) is 0 Å². The standard InChI is InChI=1S/C75H66B2N4O/c1-43-34-66-71-67(35-43)79(50-36-44(2)69(45(3)37-50)55-24-19-23-54-53-22-15-18-27-68(53)82-72(54)55)63-42-65-64(41-59(63)76(71)58-33-30-47(74(7,8)9)40-62(58)78(66)49-31-28-46(29-32-49)73(4,5)6)80-60-25-16-13-20-51(60)56-38-48(75(10,11)12)39-57-52-21-14-17-26-61(52)81(65)77(80)70(56)57/h13-42H,1-12H3. The molecule has 0 fully saturated rings. The summed E-state index contributed by atoms with van der Waals surface area (Å²) < 4.78 is 6.74. The fourth-order valence-corrected chi connectivity index (χ4v) is 14.9. The van der Waals surface area contributed by atoms with Crippen molar-refractivity contribution in [3.63, 3.8) is 0 Å². The second kappa shape index (κ2) is 16.7. The van der Waals surface area contributed by atoms with Crippen LogP contribution in [-0.2, 0) is 16.2 Å². The number of para-hydroxylation sites is 4. The number of hydrogen-bond acceptors (Lipinski definition) is 5. The van der Waals surface area contributed by atoms with Crippen LogP contribution < -0.4 is 41.3 Å². The van der Waals surface area contributed by atoms with E-state index in [-0.39, 0.29) is 29.9 Å². The molecule has 16 rings (SSSR count). The molecule has 0 saturated heterocycles. The molecule has 5 aliphatic rings. The Hall–Kier alpha value is -8.67. The molecule has 0 bridgehead atoms. The van der Waals surface area contributed by atoms with Crippen LogP contribution in [0.5, 0.6) is 0 Å². The molecule has 5 nitrogen and oxygen atoms in total. The van der Waals surface area contributed by atoms with E-state index in [4.69, 9.17) is 4.42 Å². The van der Waals surface area contributed by atoms with Crippen LogP contribution in [0, 0.1) is 20.8 Å². The van der Waals surface area contributed by atoms with Crippen LogP contribution in [-0.4, -0.2) is 13.7 Å². The molecule has 398 valence electrons. The number of anilines is 10. The lowest BCUT2D eigenvalue weighted by molar-refractivity contribution is 0.590. The molecular formula is C75H66B2N4O. The molecule has 82 heavy (non-hydrogen) atoms. The van der Waals surface area contributed by atoms with E-state index in [0.29, 0.717) is 0 Å². The minimum Gasteiger partial charge on any atom is -0.455 e. The van der Waals surface area contributed by atoms with Crippen molar-refractivity contribution < 1.29 is 4.42 Å². The van der Waals surface area contributed by atoms with Gasteiger partial charge in [-0.3, -0.25) is 0 Å². The first-order valence-electron chi connectivity index (χ1n) is 29.5. The summed E-state index contributed by atoms with van der Waals surface area (Å²) in [7, 11) is 0. The largest absolute Gasteiger partial charge is 0.455 e. The second-order valence-electron chi connectivity index (χ2n) is 27.2. The van der Waals surface area contributed by atoms with Crippen molar-refractivity contribution in [3.8, 4) is 33.4 Å². The highest BCUT2D eigenvalue weighted by molar-refractivity contribution is 7.00. The minimum atomic E-state index is -0.0828. The molecule has 11 aromatic rings. The van der Waals surface area contributed by atoms with Crippen LogP contribution >= 0.6 is 0 Å². The monoisotopic (exact) mass is 1060 g/mol. The first-order chi connectivity index (χ1) is 39.3. The van der Waals surface area contributed by atoms with Crippen LogP contribution in [0.15, 0.2) is 186 Å². The molecule has 0 spiro atoms. The van der Waals surface area contributed by atoms with Gasteiger partial charge < -0.3 is 23.8 Å². The summed E-state index contributed by atoms with van der Waals surface area (Å²) in [4.78, 5) is 10.6. The van der Waals surface area contributed by atoms with Gasteiger partial charge >= 0.3 is 6.98 Å². The van der Waals surface area contributed by atoms with E-state index in [0.717, 1.165) is 33.2 Å². The van der Waals surface area contributed by atoms with Gasteiger partial charge in [-0.05, 0) is 182 Å². The average molecular weight is 1060 g/mol. The Morgan fingerprint density at radius 3 is 1.54 bits per heavy atom. The molecule has 1 aromatic heterocycles. The van der Waals surface area contributed by atoms with Crippen molar-refractivity contribution in [2.24, 2.45) is 0 Å². The predicted molar refractivity (Wildman–Crippen MR) is 350 cm³/mol. The number of hydrogen-bond donors (Lipinski definition) is 0. The zero-order valence-corrected chi connectivity index (χ0v) is 49.2. The third kappa shape index (κ3) is 6.83. The molecule has 0 radical (unpaired) electrons. The number of benzene rings is 10. The Morgan fingerprint density at radius 2 is 0.902 bits per heavy atom. The maximum atomic E-state index is 6.74. The summed E-state index contributed by atoms with van der Waals surface area (Å²) in [5.74, 6) is 0. The minimum absolute atomic E-state index is 0.0181. The molecule has 0 atom stereocenters. The van der Waals surface area contributed by atoms with Crippen molar-refractivity contribution in [3.05, 3.63) is 215 Å². The van der Waals surface area contributed by atoms with Gasteiger partial charge in [-0.25, -0.2) is 0 Å². The van der Waals surface area contributed by atoms with Gasteiger partial charge in [0.1, 0.15) is 11.2 Å². The zero-order valence-electron chi connectivity index (χ0n) is 49.2. The van der Waals surface area contributed by atoms with Crippen LogP contribution in [0.25, 0.3) is 55.3 Å². The van der Waals surface area contributed by atoms with E-state index < -0.39 is 0 Å². The Bertz CT molecular complexity index is 4560. The SMILES string of the molecule is Cc1cc2c3c(c1)N(c1cc(C)c(-c4cccc5c4oc4ccccc45)c(C)c1)c1cc4c(cc1B3c1ccc(C(C)(C)C)cc1N2c1ccc(C(C)(C)C)cc1)N1B2c3c(cc(C(C)(C)C)cc3-c3ccccc3N24)-c2ccccc21. The van der Waals surface area contributed by atoms with Gasteiger partial charge in [0.05, 0.1) is 11.4 Å². The summed E-state index contributed by atoms with van der Waals surface area (Å²) in [5.41, 5.74) is 34.4. The van der Waals surface area contributed by atoms with Gasteiger partial charge in [-0.2, -0.15) is 0 Å². The number of furan rings is 1. The lowest BCUT2D eigenvalue weighted by Gasteiger charge is -2.45. The molecule has 0 N–H and O–H groups in total. The first kappa shape index (κ1) is 49.2. The van der Waals surface area contributed by atoms with E-state index in [9.17, 15) is 0 Å². The van der Waals surface area contributed by atoms with E-state index in [1.807, 2.05) is 0 Å². The summed E-state index contributed by atoms with van der Waals surface area (Å²) in [6.07, 6.45) is 0. The van der Waals surface area contributed by atoms with Gasteiger partial charge in [0.25, 0.3) is 6.71 Å². The second-order valence-corrected chi connectivity index (χ2v) is 27.2.